The highest BCUT2D eigenvalue weighted by Crippen LogP contribution is 2.32. The number of halogens is 1. The number of nitrogens with zero attached hydrogens (tertiary/aromatic N) is 6. The van der Waals surface area contributed by atoms with Crippen LogP contribution in [0.4, 0.5) is 10.3 Å². The van der Waals surface area contributed by atoms with Crippen LogP contribution in [0.25, 0.3) is 17.1 Å². The summed E-state index contributed by atoms with van der Waals surface area (Å²) in [5.41, 5.74) is 3.70. The van der Waals surface area contributed by atoms with Crippen LogP contribution in [0.5, 0.6) is 5.75 Å². The molecule has 0 amide bonds. The standard InChI is InChI=1S/C25H27FN6O/c1-17-15-31(16-27-17)22-11-8-20(14-23(22)33-3)24-28-25(30-12-4-5-13-30)32(29-24)18(2)19-6-9-21(26)10-7-19/h6-11,14-16,18H,4-5,12-13H2,1-3H3. The van der Waals surface area contributed by atoms with Gasteiger partial charge < -0.3 is 14.2 Å². The van der Waals surface area contributed by atoms with Crippen molar-refractivity contribution in [1.29, 1.82) is 0 Å². The largest absolute Gasteiger partial charge is 0.495 e. The van der Waals surface area contributed by atoms with E-state index in [4.69, 9.17) is 14.8 Å². The first-order chi connectivity index (χ1) is 16.0. The van der Waals surface area contributed by atoms with Gasteiger partial charge in [-0.2, -0.15) is 4.98 Å². The van der Waals surface area contributed by atoms with Gasteiger partial charge in [-0.1, -0.05) is 12.1 Å². The Hall–Kier alpha value is -3.68. The molecule has 33 heavy (non-hydrogen) atoms. The molecule has 4 aromatic rings. The highest BCUT2D eigenvalue weighted by atomic mass is 19.1. The van der Waals surface area contributed by atoms with E-state index in [-0.39, 0.29) is 11.9 Å². The number of imidazole rings is 1. The van der Waals surface area contributed by atoms with E-state index in [2.05, 4.69) is 16.8 Å². The zero-order valence-corrected chi connectivity index (χ0v) is 19.1. The van der Waals surface area contributed by atoms with Crippen LogP contribution >= 0.6 is 0 Å². The summed E-state index contributed by atoms with van der Waals surface area (Å²) in [5, 5.41) is 4.90. The molecule has 0 radical (unpaired) electrons. The predicted molar refractivity (Wildman–Crippen MR) is 126 cm³/mol. The Morgan fingerprint density at radius 3 is 2.48 bits per heavy atom. The van der Waals surface area contributed by atoms with Crippen LogP contribution < -0.4 is 9.64 Å². The molecular formula is C25H27FN6O. The molecule has 1 atom stereocenters. The number of aryl methyl sites for hydroxylation is 1. The van der Waals surface area contributed by atoms with Gasteiger partial charge in [-0.3, -0.25) is 0 Å². The first-order valence-electron chi connectivity index (χ1n) is 11.2. The molecule has 0 saturated carbocycles. The summed E-state index contributed by atoms with van der Waals surface area (Å²) in [4.78, 5) is 11.5. The van der Waals surface area contributed by atoms with Gasteiger partial charge in [0.25, 0.3) is 0 Å². The van der Waals surface area contributed by atoms with Crippen molar-refractivity contribution >= 4 is 5.95 Å². The van der Waals surface area contributed by atoms with E-state index in [9.17, 15) is 4.39 Å². The summed E-state index contributed by atoms with van der Waals surface area (Å²) in [5.74, 6) is 1.95. The molecule has 0 spiro atoms. The zero-order chi connectivity index (χ0) is 22.9. The number of methoxy groups -OCH3 is 1. The monoisotopic (exact) mass is 446 g/mol. The summed E-state index contributed by atoms with van der Waals surface area (Å²) < 4.78 is 23.0. The third-order valence-corrected chi connectivity index (χ3v) is 6.15. The van der Waals surface area contributed by atoms with E-state index >= 15 is 0 Å². The lowest BCUT2D eigenvalue weighted by molar-refractivity contribution is 0.413. The Labute approximate surface area is 192 Å². The van der Waals surface area contributed by atoms with E-state index < -0.39 is 0 Å². The van der Waals surface area contributed by atoms with E-state index in [1.807, 2.05) is 40.6 Å². The van der Waals surface area contributed by atoms with Crippen molar-refractivity contribution < 1.29 is 9.13 Å². The maximum atomic E-state index is 13.5. The van der Waals surface area contributed by atoms with E-state index in [1.54, 1.807) is 25.6 Å². The Morgan fingerprint density at radius 1 is 1.06 bits per heavy atom. The minimum Gasteiger partial charge on any atom is -0.495 e. The first kappa shape index (κ1) is 21.2. The van der Waals surface area contributed by atoms with Gasteiger partial charge in [0, 0.05) is 24.8 Å². The van der Waals surface area contributed by atoms with Gasteiger partial charge in [0.2, 0.25) is 5.95 Å². The minimum absolute atomic E-state index is 0.0856. The van der Waals surface area contributed by atoms with Gasteiger partial charge in [-0.15, -0.1) is 5.10 Å². The molecule has 1 fully saturated rings. The Balaban J connectivity index is 1.55. The van der Waals surface area contributed by atoms with Gasteiger partial charge in [0.05, 0.1) is 30.9 Å². The molecule has 2 aromatic carbocycles. The third-order valence-electron chi connectivity index (χ3n) is 6.15. The predicted octanol–water partition coefficient (Wildman–Crippen LogP) is 4.80. The molecule has 3 heterocycles. The second-order valence-electron chi connectivity index (χ2n) is 8.41. The number of rotatable bonds is 6. The van der Waals surface area contributed by atoms with Crippen molar-refractivity contribution in [1.82, 2.24) is 24.3 Å². The molecule has 8 heteroatoms. The number of anilines is 1. The molecule has 1 saturated heterocycles. The molecule has 1 unspecified atom stereocenters. The molecule has 0 bridgehead atoms. The van der Waals surface area contributed by atoms with Crippen LogP contribution in [-0.4, -0.2) is 44.5 Å². The van der Waals surface area contributed by atoms with Crippen LogP contribution in [0, 0.1) is 12.7 Å². The lowest BCUT2D eigenvalue weighted by Crippen LogP contribution is -2.24. The highest BCUT2D eigenvalue weighted by Gasteiger charge is 2.24. The average Bonchev–Trinajstić information content (AvgIpc) is 3.59. The van der Waals surface area contributed by atoms with E-state index in [1.165, 1.54) is 12.1 Å². The van der Waals surface area contributed by atoms with E-state index in [0.717, 1.165) is 60.1 Å². The van der Waals surface area contributed by atoms with Crippen molar-refractivity contribution in [2.24, 2.45) is 0 Å². The molecule has 1 aliphatic heterocycles. The fraction of sp³-hybridized carbons (Fsp3) is 0.320. The number of aromatic nitrogens is 5. The molecule has 1 aliphatic rings. The van der Waals surface area contributed by atoms with Crippen molar-refractivity contribution in [3.63, 3.8) is 0 Å². The molecule has 2 aromatic heterocycles. The minimum atomic E-state index is -0.245. The molecule has 7 nitrogen and oxygen atoms in total. The summed E-state index contributed by atoms with van der Waals surface area (Å²) in [7, 11) is 1.66. The number of benzene rings is 2. The number of hydrogen-bond acceptors (Lipinski definition) is 5. The molecule has 170 valence electrons. The molecule has 0 N–H and O–H groups in total. The number of hydrogen-bond donors (Lipinski definition) is 0. The highest BCUT2D eigenvalue weighted by molar-refractivity contribution is 5.64. The average molecular weight is 447 g/mol. The molecular weight excluding hydrogens is 419 g/mol. The zero-order valence-electron chi connectivity index (χ0n) is 19.1. The smallest absolute Gasteiger partial charge is 0.224 e. The fourth-order valence-electron chi connectivity index (χ4n) is 4.30. The van der Waals surface area contributed by atoms with Gasteiger partial charge in [0.15, 0.2) is 5.82 Å². The summed E-state index contributed by atoms with van der Waals surface area (Å²) in [6.07, 6.45) is 6.01. The maximum absolute atomic E-state index is 13.5. The van der Waals surface area contributed by atoms with Crippen molar-refractivity contribution in [3.8, 4) is 22.8 Å². The Kier molecular flexibility index (Phi) is 5.58. The first-order valence-corrected chi connectivity index (χ1v) is 11.2. The molecule has 5 rings (SSSR count). The lowest BCUT2D eigenvalue weighted by Gasteiger charge is -2.21. The van der Waals surface area contributed by atoms with Crippen LogP contribution in [0.15, 0.2) is 55.0 Å². The second-order valence-corrected chi connectivity index (χ2v) is 8.41. The quantitative estimate of drug-likeness (QED) is 0.426. The van der Waals surface area contributed by atoms with Gasteiger partial charge in [0.1, 0.15) is 11.6 Å². The van der Waals surface area contributed by atoms with Gasteiger partial charge in [-0.25, -0.2) is 14.1 Å². The van der Waals surface area contributed by atoms with Crippen molar-refractivity contribution in [3.05, 3.63) is 72.1 Å². The van der Waals surface area contributed by atoms with Gasteiger partial charge in [-0.05, 0) is 62.6 Å². The van der Waals surface area contributed by atoms with Crippen molar-refractivity contribution in [2.45, 2.75) is 32.7 Å². The Morgan fingerprint density at radius 2 is 1.82 bits per heavy atom. The van der Waals surface area contributed by atoms with Gasteiger partial charge >= 0.3 is 0 Å². The van der Waals surface area contributed by atoms with Crippen LogP contribution in [0.3, 0.4) is 0 Å². The number of ether oxygens (including phenoxy) is 1. The van der Waals surface area contributed by atoms with Crippen molar-refractivity contribution in [2.75, 3.05) is 25.1 Å². The Bertz CT molecular complexity index is 1260. The van der Waals surface area contributed by atoms with Crippen LogP contribution in [-0.2, 0) is 0 Å². The lowest BCUT2D eigenvalue weighted by atomic mass is 10.1. The second kappa shape index (κ2) is 8.69. The van der Waals surface area contributed by atoms with Crippen LogP contribution in [0.2, 0.25) is 0 Å². The summed E-state index contributed by atoms with van der Waals surface area (Å²) >= 11 is 0. The SMILES string of the molecule is COc1cc(-c2nc(N3CCCC3)n(C(C)c3ccc(F)cc3)n2)ccc1-n1cnc(C)c1. The third kappa shape index (κ3) is 4.08. The summed E-state index contributed by atoms with van der Waals surface area (Å²) in [6.45, 7) is 5.93. The topological polar surface area (TPSA) is 61.0 Å². The normalized spacial score (nSPS) is 14.6. The fourth-order valence-corrected chi connectivity index (χ4v) is 4.30. The maximum Gasteiger partial charge on any atom is 0.224 e. The van der Waals surface area contributed by atoms with E-state index in [0.29, 0.717) is 5.82 Å². The molecule has 0 aliphatic carbocycles. The van der Waals surface area contributed by atoms with Crippen LogP contribution in [0.1, 0.15) is 37.1 Å². The summed E-state index contributed by atoms with van der Waals surface area (Å²) in [6, 6.07) is 12.5.